The van der Waals surface area contributed by atoms with Crippen LogP contribution in [0.1, 0.15) is 35.6 Å². The first-order chi connectivity index (χ1) is 15.7. The largest absolute Gasteiger partial charge is 0.573 e. The number of benzene rings is 2. The summed E-state index contributed by atoms with van der Waals surface area (Å²) in [5.74, 6) is -0.241. The van der Waals surface area contributed by atoms with E-state index in [4.69, 9.17) is 21.4 Å². The topological polar surface area (TPSA) is 71.8 Å². The molecule has 174 valence electrons. The van der Waals surface area contributed by atoms with Crippen LogP contribution in [0.3, 0.4) is 0 Å². The average molecular weight is 480 g/mol. The van der Waals surface area contributed by atoms with Gasteiger partial charge in [-0.25, -0.2) is 0 Å². The second-order valence-corrected chi connectivity index (χ2v) is 8.21. The van der Waals surface area contributed by atoms with Crippen molar-refractivity contribution in [3.63, 3.8) is 0 Å². The molecule has 1 aliphatic carbocycles. The van der Waals surface area contributed by atoms with Crippen molar-refractivity contribution >= 4 is 11.6 Å². The fourth-order valence-electron chi connectivity index (χ4n) is 4.95. The second-order valence-electron chi connectivity index (χ2n) is 7.77. The lowest BCUT2D eigenvalue weighted by Crippen LogP contribution is -2.48. The third-order valence-corrected chi connectivity index (χ3v) is 6.31. The summed E-state index contributed by atoms with van der Waals surface area (Å²) in [7, 11) is 1.00. The maximum absolute atomic E-state index is 12.6. The number of halogens is 4. The number of aliphatic hydroxyl groups is 2. The van der Waals surface area contributed by atoms with Crippen molar-refractivity contribution in [3.8, 4) is 11.5 Å². The van der Waals surface area contributed by atoms with Crippen LogP contribution >= 0.6 is 11.6 Å². The van der Waals surface area contributed by atoms with Gasteiger partial charge in [-0.1, -0.05) is 54.1 Å². The van der Waals surface area contributed by atoms with Crippen molar-refractivity contribution in [1.29, 1.82) is 0 Å². The number of ether oxygens (including phenoxy) is 2. The number of hydrogen-bond acceptors (Lipinski definition) is 5. The molecule has 5 nitrogen and oxygen atoms in total. The van der Waals surface area contributed by atoms with Gasteiger partial charge in [-0.3, -0.25) is 4.98 Å². The molecule has 2 aromatic carbocycles. The Kier molecular flexibility index (Phi) is 6.03. The smallest absolute Gasteiger partial charge is 0.476 e. The van der Waals surface area contributed by atoms with Gasteiger partial charge >= 0.3 is 6.36 Å². The van der Waals surface area contributed by atoms with Crippen molar-refractivity contribution in [3.05, 3.63) is 88.7 Å². The summed E-state index contributed by atoms with van der Waals surface area (Å²) in [5, 5.41) is 19.3. The molecule has 3 aromatic rings. The average Bonchev–Trinajstić information content (AvgIpc) is 3.22. The van der Waals surface area contributed by atoms with Gasteiger partial charge in [-0.15, -0.1) is 13.2 Å². The minimum Gasteiger partial charge on any atom is -0.476 e. The maximum Gasteiger partial charge on any atom is 0.573 e. The summed E-state index contributed by atoms with van der Waals surface area (Å²) < 4.78 is 48.3. The highest BCUT2D eigenvalue weighted by Gasteiger charge is 2.69. The molecule has 2 aliphatic rings. The van der Waals surface area contributed by atoms with E-state index >= 15 is 0 Å². The van der Waals surface area contributed by atoms with Crippen molar-refractivity contribution in [2.24, 2.45) is 0 Å². The molecule has 33 heavy (non-hydrogen) atoms. The molecule has 0 radical (unpaired) electrons. The molecule has 5 rings (SSSR count). The molecular formula is C24H21ClF3NO4. The Morgan fingerprint density at radius 2 is 1.76 bits per heavy atom. The van der Waals surface area contributed by atoms with E-state index in [9.17, 15) is 18.3 Å². The van der Waals surface area contributed by atoms with E-state index in [0.717, 1.165) is 12.7 Å². The lowest BCUT2D eigenvalue weighted by atomic mass is 9.73. The fraction of sp³-hybridized carbons (Fsp3) is 0.292. The predicted octanol–water partition coefficient (Wildman–Crippen LogP) is 5.30. The van der Waals surface area contributed by atoms with Crippen LogP contribution in [0.5, 0.6) is 11.5 Å². The molecule has 2 N–H and O–H groups in total. The lowest BCUT2D eigenvalue weighted by Gasteiger charge is -2.39. The van der Waals surface area contributed by atoms with E-state index < -0.39 is 17.6 Å². The summed E-state index contributed by atoms with van der Waals surface area (Å²) in [6, 6.07) is 16.7. The SMILES string of the molecule is CO.OC12CCC(c3ccccc3)C1(c1ccc(OC(F)(F)F)cc1)Oc1cc(Cl)cnc12. The summed E-state index contributed by atoms with van der Waals surface area (Å²) in [4.78, 5) is 4.36. The van der Waals surface area contributed by atoms with E-state index in [1.807, 2.05) is 30.3 Å². The minimum absolute atomic E-state index is 0.263. The van der Waals surface area contributed by atoms with Gasteiger partial charge in [0.1, 0.15) is 17.2 Å². The van der Waals surface area contributed by atoms with E-state index in [2.05, 4.69) is 9.72 Å². The first-order valence-electron chi connectivity index (χ1n) is 10.2. The highest BCUT2D eigenvalue weighted by molar-refractivity contribution is 6.30. The monoisotopic (exact) mass is 479 g/mol. The van der Waals surface area contributed by atoms with Gasteiger partial charge in [0.25, 0.3) is 0 Å². The summed E-state index contributed by atoms with van der Waals surface area (Å²) in [6.07, 6.45) is -2.37. The molecule has 1 fully saturated rings. The molecule has 0 spiro atoms. The van der Waals surface area contributed by atoms with Gasteiger partial charge in [-0.2, -0.15) is 0 Å². The van der Waals surface area contributed by atoms with Gasteiger partial charge in [-0.05, 0) is 36.1 Å². The van der Waals surface area contributed by atoms with Crippen molar-refractivity contribution in [1.82, 2.24) is 4.98 Å². The highest BCUT2D eigenvalue weighted by Crippen LogP contribution is 2.66. The van der Waals surface area contributed by atoms with Crippen LogP contribution in [-0.4, -0.2) is 28.7 Å². The van der Waals surface area contributed by atoms with Crippen LogP contribution in [-0.2, 0) is 11.2 Å². The standard InChI is InChI=1S/C23H17ClF3NO3.CH4O/c24-16-12-19-20(28-13-16)21(29)11-10-18(14-4-2-1-3-5-14)22(21,31-19)15-6-8-17(9-7-15)30-23(25,26)27;1-2/h1-9,12-13,18,29H,10-11H2;2H,1H3. The van der Waals surface area contributed by atoms with Gasteiger partial charge < -0.3 is 19.7 Å². The zero-order chi connectivity index (χ0) is 23.9. The first-order valence-corrected chi connectivity index (χ1v) is 10.5. The Morgan fingerprint density at radius 3 is 2.39 bits per heavy atom. The van der Waals surface area contributed by atoms with E-state index in [1.54, 1.807) is 6.07 Å². The minimum atomic E-state index is -4.79. The summed E-state index contributed by atoms with van der Waals surface area (Å²) in [6.45, 7) is 0. The van der Waals surface area contributed by atoms with Gasteiger partial charge in [0.15, 0.2) is 11.2 Å². The Balaban J connectivity index is 0.00000126. The molecule has 0 bridgehead atoms. The van der Waals surface area contributed by atoms with E-state index in [1.165, 1.54) is 30.5 Å². The molecule has 3 unspecified atom stereocenters. The van der Waals surface area contributed by atoms with Gasteiger partial charge in [0.05, 0.1) is 5.02 Å². The van der Waals surface area contributed by atoms with E-state index in [-0.39, 0.29) is 11.7 Å². The van der Waals surface area contributed by atoms with Crippen LogP contribution in [0.2, 0.25) is 5.02 Å². The zero-order valence-corrected chi connectivity index (χ0v) is 18.3. The fourth-order valence-corrected chi connectivity index (χ4v) is 5.10. The van der Waals surface area contributed by atoms with Crippen LogP contribution < -0.4 is 9.47 Å². The Hall–Kier alpha value is -2.81. The van der Waals surface area contributed by atoms with Crippen molar-refractivity contribution in [2.75, 3.05) is 7.11 Å². The number of rotatable bonds is 3. The van der Waals surface area contributed by atoms with Crippen LogP contribution in [0, 0.1) is 0 Å². The molecule has 1 aliphatic heterocycles. The molecular weight excluding hydrogens is 459 g/mol. The normalized spacial score (nSPS) is 25.4. The Bertz CT molecular complexity index is 1130. The number of fused-ring (bicyclic) bond motifs is 3. The number of pyridine rings is 1. The number of aliphatic hydroxyl groups excluding tert-OH is 1. The zero-order valence-electron chi connectivity index (χ0n) is 17.5. The van der Waals surface area contributed by atoms with E-state index in [0.29, 0.717) is 34.9 Å². The molecule has 9 heteroatoms. The predicted molar refractivity (Wildman–Crippen MR) is 115 cm³/mol. The summed E-state index contributed by atoms with van der Waals surface area (Å²) >= 11 is 6.11. The second kappa shape index (κ2) is 8.52. The molecule has 3 atom stereocenters. The lowest BCUT2D eigenvalue weighted by molar-refractivity contribution is -0.274. The third-order valence-electron chi connectivity index (χ3n) is 6.10. The third kappa shape index (κ3) is 3.82. The van der Waals surface area contributed by atoms with Crippen molar-refractivity contribution in [2.45, 2.75) is 36.3 Å². The Labute approximate surface area is 193 Å². The van der Waals surface area contributed by atoms with Crippen molar-refractivity contribution < 1.29 is 32.9 Å². The molecule has 2 heterocycles. The quantitative estimate of drug-likeness (QED) is 0.533. The van der Waals surface area contributed by atoms with Crippen LogP contribution in [0.4, 0.5) is 13.2 Å². The number of alkyl halides is 3. The number of hydrogen-bond donors (Lipinski definition) is 2. The van der Waals surface area contributed by atoms with Crippen LogP contribution in [0.25, 0.3) is 0 Å². The molecule has 0 saturated heterocycles. The number of nitrogens with zero attached hydrogens (tertiary/aromatic N) is 1. The number of aromatic nitrogens is 1. The summed E-state index contributed by atoms with van der Waals surface area (Å²) in [5.41, 5.74) is -0.880. The van der Waals surface area contributed by atoms with Gasteiger partial charge in [0.2, 0.25) is 0 Å². The molecule has 0 amide bonds. The van der Waals surface area contributed by atoms with Gasteiger partial charge in [0, 0.05) is 25.3 Å². The molecule has 1 aromatic heterocycles. The first kappa shape index (κ1) is 23.4. The molecule has 1 saturated carbocycles. The van der Waals surface area contributed by atoms with Crippen LogP contribution in [0.15, 0.2) is 66.9 Å². The Morgan fingerprint density at radius 1 is 1.09 bits per heavy atom. The maximum atomic E-state index is 12.6. The highest BCUT2D eigenvalue weighted by atomic mass is 35.5.